The average molecular weight is 424 g/mol. The number of hydrogen-bond donors (Lipinski definition) is 4. The zero-order valence-corrected chi connectivity index (χ0v) is 16.6. The van der Waals surface area contributed by atoms with Crippen LogP contribution in [0.1, 0.15) is 43.0 Å². The monoisotopic (exact) mass is 424 g/mol. The topological polar surface area (TPSA) is 125 Å². The zero-order valence-electron chi connectivity index (χ0n) is 16.6. The van der Waals surface area contributed by atoms with Crippen molar-refractivity contribution >= 4 is 17.3 Å². The number of allylic oxidation sites excluding steroid dienone is 2. The predicted molar refractivity (Wildman–Crippen MR) is 114 cm³/mol. The Morgan fingerprint density at radius 3 is 2.59 bits per heavy atom. The number of carbonyl (C=O) groups excluding carboxylic acids is 2. The molecule has 32 heavy (non-hydrogen) atoms. The maximum atomic E-state index is 13.6. The van der Waals surface area contributed by atoms with E-state index in [0.29, 0.717) is 16.8 Å². The van der Waals surface area contributed by atoms with Crippen molar-refractivity contribution < 1.29 is 24.5 Å². The SMILES string of the molecule is NCc1ccc2c(c1)C(=O)c1c(O)cc3c(c1C2=O)N[C@H]1C#C/C=C\C#C[C@H](O)[C@@]32OC12. The molecule has 4 aliphatic rings. The van der Waals surface area contributed by atoms with Crippen molar-refractivity contribution in [1.82, 2.24) is 0 Å². The quantitative estimate of drug-likeness (QED) is 0.260. The number of ether oxygens (including phenoxy) is 1. The Morgan fingerprint density at radius 2 is 1.81 bits per heavy atom. The van der Waals surface area contributed by atoms with E-state index in [2.05, 4.69) is 29.0 Å². The highest BCUT2D eigenvalue weighted by atomic mass is 16.6. The van der Waals surface area contributed by atoms with Gasteiger partial charge in [-0.2, -0.15) is 0 Å². The molecule has 2 heterocycles. The molecule has 1 unspecified atom stereocenters. The number of ketones is 2. The highest BCUT2D eigenvalue weighted by Crippen LogP contribution is 2.59. The lowest BCUT2D eigenvalue weighted by molar-refractivity contribution is 0.0975. The van der Waals surface area contributed by atoms with Crippen LogP contribution in [-0.2, 0) is 16.9 Å². The maximum absolute atomic E-state index is 13.6. The fourth-order valence-corrected chi connectivity index (χ4v) is 4.83. The highest BCUT2D eigenvalue weighted by molar-refractivity contribution is 6.31. The number of fused-ring (bicyclic) bond motifs is 4. The van der Waals surface area contributed by atoms with Gasteiger partial charge in [0.25, 0.3) is 0 Å². The molecule has 0 aromatic heterocycles. The van der Waals surface area contributed by atoms with E-state index in [1.165, 1.54) is 12.1 Å². The minimum atomic E-state index is -1.25. The number of carbonyl (C=O) groups is 2. The van der Waals surface area contributed by atoms with Crippen molar-refractivity contribution in [2.45, 2.75) is 30.4 Å². The number of nitrogens with two attached hydrogens (primary N) is 1. The first-order valence-corrected chi connectivity index (χ1v) is 10.1. The smallest absolute Gasteiger partial charge is 0.198 e. The number of hydrogen-bond acceptors (Lipinski definition) is 7. The number of anilines is 1. The van der Waals surface area contributed by atoms with Crippen LogP contribution in [0.2, 0.25) is 0 Å². The Morgan fingerprint density at radius 1 is 1.06 bits per heavy atom. The van der Waals surface area contributed by atoms with Crippen molar-refractivity contribution in [2.75, 3.05) is 5.32 Å². The number of phenolic OH excluding ortho intramolecular Hbond substituents is 1. The zero-order chi connectivity index (χ0) is 22.2. The first kappa shape index (κ1) is 18.9. The Labute approximate surface area is 182 Å². The van der Waals surface area contributed by atoms with Gasteiger partial charge in [-0.1, -0.05) is 29.7 Å². The van der Waals surface area contributed by atoms with Crippen molar-refractivity contribution in [3.8, 4) is 29.4 Å². The Balaban J connectivity index is 1.62. The Bertz CT molecular complexity index is 1420. The molecule has 5 N–H and O–H groups in total. The number of aromatic hydroxyl groups is 1. The molecule has 0 spiro atoms. The summed E-state index contributed by atoms with van der Waals surface area (Å²) in [5, 5.41) is 24.9. The fourth-order valence-electron chi connectivity index (χ4n) is 4.83. The predicted octanol–water partition coefficient (Wildman–Crippen LogP) is 0.952. The number of nitrogens with one attached hydrogen (secondary N) is 1. The number of rotatable bonds is 1. The molecule has 4 atom stereocenters. The largest absolute Gasteiger partial charge is 0.507 e. The van der Waals surface area contributed by atoms with Gasteiger partial charge < -0.3 is 26.0 Å². The summed E-state index contributed by atoms with van der Waals surface area (Å²) in [5.41, 5.74) is 6.24. The lowest BCUT2D eigenvalue weighted by Crippen LogP contribution is -2.42. The average Bonchev–Trinajstić information content (AvgIpc) is 3.56. The van der Waals surface area contributed by atoms with E-state index in [1.54, 1.807) is 24.3 Å². The lowest BCUT2D eigenvalue weighted by Gasteiger charge is -2.32. The van der Waals surface area contributed by atoms with Crippen molar-refractivity contribution in [1.29, 1.82) is 0 Å². The molecule has 0 saturated carbocycles. The highest BCUT2D eigenvalue weighted by Gasteiger charge is 2.69. The van der Waals surface area contributed by atoms with Gasteiger partial charge in [-0.05, 0) is 35.9 Å². The number of phenols is 1. The van der Waals surface area contributed by atoms with Crippen LogP contribution in [0, 0.1) is 23.7 Å². The van der Waals surface area contributed by atoms with Gasteiger partial charge in [0, 0.05) is 23.2 Å². The van der Waals surface area contributed by atoms with Gasteiger partial charge in [-0.3, -0.25) is 9.59 Å². The van der Waals surface area contributed by atoms with Crippen LogP contribution in [0.5, 0.6) is 5.75 Å². The molecule has 0 amide bonds. The molecular weight excluding hydrogens is 408 g/mol. The van der Waals surface area contributed by atoms with Crippen LogP contribution in [0.25, 0.3) is 0 Å². The fraction of sp³-hybridized carbons (Fsp3) is 0.200. The van der Waals surface area contributed by atoms with Gasteiger partial charge in [0.05, 0.1) is 16.8 Å². The van der Waals surface area contributed by atoms with Gasteiger partial charge in [0.1, 0.15) is 17.9 Å². The van der Waals surface area contributed by atoms with Crippen LogP contribution in [-0.4, -0.2) is 40.0 Å². The summed E-state index contributed by atoms with van der Waals surface area (Å²) in [5.74, 6) is 10.1. The van der Waals surface area contributed by atoms with E-state index < -0.39 is 35.4 Å². The van der Waals surface area contributed by atoms with E-state index in [1.807, 2.05) is 0 Å². The third-order valence-corrected chi connectivity index (χ3v) is 6.40. The van der Waals surface area contributed by atoms with Gasteiger partial charge in [0.2, 0.25) is 0 Å². The van der Waals surface area contributed by atoms with Crippen molar-refractivity contribution in [2.24, 2.45) is 5.73 Å². The molecule has 2 aliphatic carbocycles. The van der Waals surface area contributed by atoms with E-state index in [4.69, 9.17) is 10.5 Å². The minimum Gasteiger partial charge on any atom is -0.507 e. The maximum Gasteiger partial charge on any atom is 0.198 e. The Kier molecular flexibility index (Phi) is 3.72. The standard InChI is InChI=1S/C25H16N2O5/c26-11-12-7-8-13-14(9-12)23(31)19-17(28)10-15-21(20(19)22(13)30)27-16-5-3-1-2-4-6-18(29)25(15)24(16)32-25/h1-2,7-10,16,18,24,27-29H,11,26H2/b2-1-/t16-,18-,24?,25-/m0/s1. The van der Waals surface area contributed by atoms with E-state index in [-0.39, 0.29) is 34.5 Å². The molecular formula is C25H16N2O5. The summed E-state index contributed by atoms with van der Waals surface area (Å²) < 4.78 is 5.94. The van der Waals surface area contributed by atoms with Crippen LogP contribution in [0.3, 0.4) is 0 Å². The van der Waals surface area contributed by atoms with E-state index in [0.717, 1.165) is 0 Å². The first-order chi connectivity index (χ1) is 15.5. The summed E-state index contributed by atoms with van der Waals surface area (Å²) in [6.07, 6.45) is 1.36. The molecule has 1 fully saturated rings. The molecule has 7 heteroatoms. The molecule has 2 aromatic rings. The second-order valence-electron chi connectivity index (χ2n) is 8.08. The molecule has 7 nitrogen and oxygen atoms in total. The van der Waals surface area contributed by atoms with Crippen molar-refractivity contribution in [3.63, 3.8) is 0 Å². The van der Waals surface area contributed by atoms with Gasteiger partial charge >= 0.3 is 0 Å². The molecule has 1 saturated heterocycles. The molecule has 6 rings (SSSR count). The second kappa shape index (κ2) is 6.32. The van der Waals surface area contributed by atoms with Gasteiger partial charge in [0.15, 0.2) is 23.3 Å². The molecule has 2 aliphatic heterocycles. The lowest BCUT2D eigenvalue weighted by atomic mass is 9.75. The van der Waals surface area contributed by atoms with Gasteiger partial charge in [-0.15, -0.1) is 0 Å². The molecule has 0 radical (unpaired) electrons. The van der Waals surface area contributed by atoms with Crippen molar-refractivity contribution in [3.05, 3.63) is 69.8 Å². The summed E-state index contributed by atoms with van der Waals surface area (Å²) in [4.78, 5) is 26.9. The number of aliphatic hydroxyl groups excluding tert-OH is 1. The number of epoxide rings is 1. The molecule has 2 aromatic carbocycles. The van der Waals surface area contributed by atoms with Crippen LogP contribution in [0.4, 0.5) is 5.69 Å². The Hall–Kier alpha value is -3.88. The minimum absolute atomic E-state index is 0.0471. The third kappa shape index (κ3) is 2.27. The summed E-state index contributed by atoms with van der Waals surface area (Å²) >= 11 is 0. The van der Waals surface area contributed by atoms with E-state index in [9.17, 15) is 19.8 Å². The van der Waals surface area contributed by atoms with E-state index >= 15 is 0 Å². The first-order valence-electron chi connectivity index (χ1n) is 10.1. The second-order valence-corrected chi connectivity index (χ2v) is 8.08. The normalized spacial score (nSPS) is 28.9. The van der Waals surface area contributed by atoms with Crippen LogP contribution < -0.4 is 11.1 Å². The van der Waals surface area contributed by atoms with Crippen LogP contribution in [0.15, 0.2) is 36.4 Å². The molecule has 2 bridgehead atoms. The van der Waals surface area contributed by atoms with Gasteiger partial charge in [-0.25, -0.2) is 0 Å². The number of aliphatic hydroxyl groups is 1. The van der Waals surface area contributed by atoms with Crippen LogP contribution >= 0.6 is 0 Å². The summed E-state index contributed by atoms with van der Waals surface area (Å²) in [7, 11) is 0. The summed E-state index contributed by atoms with van der Waals surface area (Å²) in [6, 6.07) is 5.69. The summed E-state index contributed by atoms with van der Waals surface area (Å²) in [6.45, 7) is 0.217. The third-order valence-electron chi connectivity index (χ3n) is 6.40. The molecule has 156 valence electrons. The number of benzene rings is 2.